The second kappa shape index (κ2) is 6.80. The minimum absolute atomic E-state index is 0.0692. The van der Waals surface area contributed by atoms with Crippen molar-refractivity contribution in [2.24, 2.45) is 0 Å². The Morgan fingerprint density at radius 2 is 1.82 bits per heavy atom. The smallest absolute Gasteiger partial charge is 0.269 e. The number of hydrogen-bond donors (Lipinski definition) is 0. The van der Waals surface area contributed by atoms with E-state index in [9.17, 15) is 13.2 Å². The lowest BCUT2D eigenvalue weighted by Crippen LogP contribution is -2.12. The van der Waals surface area contributed by atoms with Gasteiger partial charge in [-0.3, -0.25) is 4.79 Å². The Kier molecular flexibility index (Phi) is 4.57. The van der Waals surface area contributed by atoms with Gasteiger partial charge in [-0.15, -0.1) is 11.3 Å². The van der Waals surface area contributed by atoms with E-state index in [2.05, 4.69) is 9.97 Å². The van der Waals surface area contributed by atoms with Crippen molar-refractivity contribution < 1.29 is 13.2 Å². The maximum atomic E-state index is 13.1. The van der Waals surface area contributed by atoms with E-state index in [0.717, 1.165) is 26.3 Å². The monoisotopic (exact) mass is 431 g/mol. The molecule has 3 heterocycles. The maximum absolute atomic E-state index is 13.1. The summed E-state index contributed by atoms with van der Waals surface area (Å²) in [6, 6.07) is 10.1. The summed E-state index contributed by atoms with van der Waals surface area (Å²) < 4.78 is 27.3. The number of benzene rings is 1. The van der Waals surface area contributed by atoms with Gasteiger partial charge in [-0.05, 0) is 55.3 Å². The van der Waals surface area contributed by atoms with Crippen LogP contribution in [0.15, 0.2) is 47.5 Å². The number of fused-ring (bicyclic) bond motifs is 1. The summed E-state index contributed by atoms with van der Waals surface area (Å²) in [6.07, 6.45) is 2.23. The molecule has 0 amide bonds. The van der Waals surface area contributed by atoms with Gasteiger partial charge in [0, 0.05) is 11.6 Å². The summed E-state index contributed by atoms with van der Waals surface area (Å²) in [6.45, 7) is 3.72. The number of nitrogens with zero attached hydrogens (tertiary/aromatic N) is 3. The van der Waals surface area contributed by atoms with Crippen molar-refractivity contribution in [2.45, 2.75) is 18.7 Å². The molecule has 0 aliphatic rings. The molecule has 0 unspecified atom stereocenters. The summed E-state index contributed by atoms with van der Waals surface area (Å²) in [5.41, 5.74) is 2.47. The zero-order valence-electron chi connectivity index (χ0n) is 14.9. The van der Waals surface area contributed by atoms with Gasteiger partial charge in [-0.25, -0.2) is 17.4 Å². The quantitative estimate of drug-likeness (QED) is 0.351. The number of aromatic nitrogens is 3. The summed E-state index contributed by atoms with van der Waals surface area (Å²) in [5, 5.41) is 0.471. The lowest BCUT2D eigenvalue weighted by Gasteiger charge is -2.08. The second-order valence-corrected chi connectivity index (χ2v) is 9.52. The Hall–Kier alpha value is -2.55. The standard InChI is InChI=1S/C19H14ClN3O3S2/c1-11-3-5-13(6-4-11)28(25,26)23-8-7-14-17(21-19(20)22-18(14)23)15-9-12(2)16(10-24)27-15/h3-10H,1-2H3. The van der Waals surface area contributed by atoms with Gasteiger partial charge in [0.1, 0.15) is 0 Å². The average molecular weight is 432 g/mol. The highest BCUT2D eigenvalue weighted by molar-refractivity contribution is 7.90. The third-order valence-corrected chi connectivity index (χ3v) is 7.38. The van der Waals surface area contributed by atoms with Crippen LogP contribution in [0.4, 0.5) is 0 Å². The van der Waals surface area contributed by atoms with Crippen molar-refractivity contribution in [2.75, 3.05) is 0 Å². The van der Waals surface area contributed by atoms with E-state index in [1.54, 1.807) is 30.3 Å². The highest BCUT2D eigenvalue weighted by atomic mass is 35.5. The number of aryl methyl sites for hydroxylation is 2. The summed E-state index contributed by atoms with van der Waals surface area (Å²) >= 11 is 7.38. The Balaban J connectivity index is 1.95. The molecule has 0 radical (unpaired) electrons. The van der Waals surface area contributed by atoms with Gasteiger partial charge in [0.2, 0.25) is 5.28 Å². The van der Waals surface area contributed by atoms with Crippen LogP contribution in [0.3, 0.4) is 0 Å². The number of carbonyl (C=O) groups excluding carboxylic acids is 1. The van der Waals surface area contributed by atoms with Crippen LogP contribution in [0.25, 0.3) is 21.6 Å². The first-order chi connectivity index (χ1) is 13.3. The van der Waals surface area contributed by atoms with E-state index < -0.39 is 10.0 Å². The highest BCUT2D eigenvalue weighted by Crippen LogP contribution is 2.35. The van der Waals surface area contributed by atoms with E-state index in [1.807, 2.05) is 19.9 Å². The van der Waals surface area contributed by atoms with Crippen LogP contribution >= 0.6 is 22.9 Å². The number of rotatable bonds is 4. The van der Waals surface area contributed by atoms with Gasteiger partial charge in [-0.1, -0.05) is 17.7 Å². The fourth-order valence-corrected chi connectivity index (χ4v) is 5.35. The summed E-state index contributed by atoms with van der Waals surface area (Å²) in [5.74, 6) is 0. The van der Waals surface area contributed by atoms with Crippen LogP contribution in [-0.4, -0.2) is 28.6 Å². The topological polar surface area (TPSA) is 81.9 Å². The lowest BCUT2D eigenvalue weighted by molar-refractivity contribution is 0.112. The molecule has 3 aromatic heterocycles. The van der Waals surface area contributed by atoms with Crippen LogP contribution in [0.2, 0.25) is 5.28 Å². The first kappa shape index (κ1) is 18.8. The van der Waals surface area contributed by atoms with Crippen LogP contribution in [0, 0.1) is 13.8 Å². The molecule has 0 aliphatic heterocycles. The predicted molar refractivity (Wildman–Crippen MR) is 110 cm³/mol. The minimum atomic E-state index is -3.85. The average Bonchev–Trinajstić information content (AvgIpc) is 3.25. The molecular weight excluding hydrogens is 418 g/mol. The molecule has 28 heavy (non-hydrogen) atoms. The summed E-state index contributed by atoms with van der Waals surface area (Å²) in [4.78, 5) is 21.1. The van der Waals surface area contributed by atoms with E-state index in [-0.39, 0.29) is 15.8 Å². The molecule has 142 valence electrons. The number of carbonyl (C=O) groups is 1. The van der Waals surface area contributed by atoms with Gasteiger partial charge in [0.05, 0.1) is 20.3 Å². The fraction of sp³-hybridized carbons (Fsp3) is 0.105. The van der Waals surface area contributed by atoms with Crippen LogP contribution < -0.4 is 0 Å². The molecule has 0 saturated carbocycles. The van der Waals surface area contributed by atoms with Crippen molar-refractivity contribution in [3.8, 4) is 10.6 Å². The van der Waals surface area contributed by atoms with Crippen LogP contribution in [0.1, 0.15) is 20.8 Å². The third-order valence-electron chi connectivity index (χ3n) is 4.36. The number of hydrogen-bond acceptors (Lipinski definition) is 6. The van der Waals surface area contributed by atoms with E-state index in [4.69, 9.17) is 11.6 Å². The number of thiophene rings is 1. The second-order valence-electron chi connectivity index (χ2n) is 6.28. The van der Waals surface area contributed by atoms with Gasteiger partial charge in [0.25, 0.3) is 10.0 Å². The number of halogens is 1. The Morgan fingerprint density at radius 1 is 1.11 bits per heavy atom. The Bertz CT molecular complexity index is 1320. The molecule has 0 fully saturated rings. The van der Waals surface area contributed by atoms with Crippen molar-refractivity contribution in [1.29, 1.82) is 0 Å². The molecule has 1 aromatic carbocycles. The Labute approximate surface area is 170 Å². The summed E-state index contributed by atoms with van der Waals surface area (Å²) in [7, 11) is -3.85. The molecular formula is C19H14ClN3O3S2. The van der Waals surface area contributed by atoms with Crippen molar-refractivity contribution in [3.63, 3.8) is 0 Å². The molecule has 4 aromatic rings. The minimum Gasteiger partial charge on any atom is -0.297 e. The van der Waals surface area contributed by atoms with Crippen molar-refractivity contribution in [1.82, 2.24) is 13.9 Å². The normalized spacial score (nSPS) is 11.8. The maximum Gasteiger partial charge on any atom is 0.269 e. The largest absolute Gasteiger partial charge is 0.297 e. The van der Waals surface area contributed by atoms with E-state index >= 15 is 0 Å². The first-order valence-electron chi connectivity index (χ1n) is 8.24. The zero-order valence-corrected chi connectivity index (χ0v) is 17.3. The number of aldehydes is 1. The highest BCUT2D eigenvalue weighted by Gasteiger charge is 2.23. The molecule has 0 spiro atoms. The predicted octanol–water partition coefficient (Wildman–Crippen LogP) is 4.48. The van der Waals surface area contributed by atoms with Gasteiger partial charge >= 0.3 is 0 Å². The Morgan fingerprint density at radius 3 is 2.46 bits per heavy atom. The molecule has 0 aliphatic carbocycles. The molecule has 9 heteroatoms. The third kappa shape index (κ3) is 3.03. The molecule has 0 bridgehead atoms. The molecule has 6 nitrogen and oxygen atoms in total. The molecule has 4 rings (SSSR count). The lowest BCUT2D eigenvalue weighted by atomic mass is 10.2. The fourth-order valence-electron chi connectivity index (χ4n) is 2.90. The van der Waals surface area contributed by atoms with E-state index in [1.165, 1.54) is 17.5 Å². The van der Waals surface area contributed by atoms with Gasteiger partial charge in [0.15, 0.2) is 11.9 Å². The van der Waals surface area contributed by atoms with Crippen molar-refractivity contribution >= 4 is 50.3 Å². The molecule has 0 saturated heterocycles. The molecule has 0 atom stereocenters. The SMILES string of the molecule is Cc1ccc(S(=O)(=O)n2ccc3c(-c4cc(C)c(C=O)s4)nc(Cl)nc32)cc1. The first-order valence-corrected chi connectivity index (χ1v) is 10.9. The van der Waals surface area contributed by atoms with Crippen LogP contribution in [-0.2, 0) is 10.0 Å². The van der Waals surface area contributed by atoms with Gasteiger partial charge in [-0.2, -0.15) is 4.98 Å². The van der Waals surface area contributed by atoms with Gasteiger partial charge < -0.3 is 0 Å². The zero-order chi connectivity index (χ0) is 20.1. The van der Waals surface area contributed by atoms with E-state index in [0.29, 0.717) is 16.0 Å². The van der Waals surface area contributed by atoms with Crippen LogP contribution in [0.5, 0.6) is 0 Å². The molecule has 0 N–H and O–H groups in total. The van der Waals surface area contributed by atoms with Crippen molar-refractivity contribution in [3.05, 3.63) is 63.9 Å².